The van der Waals surface area contributed by atoms with Gasteiger partial charge < -0.3 is 5.32 Å². The van der Waals surface area contributed by atoms with Crippen molar-refractivity contribution in [2.24, 2.45) is 5.10 Å². The molecule has 0 aliphatic rings. The average molecular weight is 414 g/mol. The van der Waals surface area contributed by atoms with Crippen molar-refractivity contribution in [2.75, 3.05) is 5.32 Å². The Morgan fingerprint density at radius 2 is 1.45 bits per heavy atom. The molecule has 2 N–H and O–H groups in total. The zero-order valence-electron chi connectivity index (χ0n) is 18.3. The number of hydrogen-bond acceptors (Lipinski definition) is 3. The van der Waals surface area contributed by atoms with Gasteiger partial charge in [-0.1, -0.05) is 62.7 Å². The average Bonchev–Trinajstić information content (AvgIpc) is 2.74. The van der Waals surface area contributed by atoms with Crippen molar-refractivity contribution < 1.29 is 9.59 Å². The Morgan fingerprint density at radius 3 is 2.06 bits per heavy atom. The Labute approximate surface area is 183 Å². The van der Waals surface area contributed by atoms with E-state index in [1.807, 2.05) is 55.5 Å². The molecule has 0 saturated carbocycles. The van der Waals surface area contributed by atoms with Crippen LogP contribution in [0.4, 0.5) is 5.69 Å². The Kier molecular flexibility index (Phi) is 6.65. The van der Waals surface area contributed by atoms with E-state index in [2.05, 4.69) is 36.6 Å². The van der Waals surface area contributed by atoms with E-state index in [1.54, 1.807) is 30.5 Å². The lowest BCUT2D eigenvalue weighted by molar-refractivity contribution is 0.0954. The minimum Gasteiger partial charge on any atom is -0.322 e. The molecule has 0 atom stereocenters. The van der Waals surface area contributed by atoms with Crippen molar-refractivity contribution >= 4 is 23.7 Å². The highest BCUT2D eigenvalue weighted by molar-refractivity contribution is 6.04. The van der Waals surface area contributed by atoms with Gasteiger partial charge in [0.1, 0.15) is 0 Å². The third kappa shape index (κ3) is 6.12. The van der Waals surface area contributed by atoms with Gasteiger partial charge in [-0.3, -0.25) is 9.59 Å². The maximum atomic E-state index is 12.5. The molecule has 158 valence electrons. The van der Waals surface area contributed by atoms with Crippen molar-refractivity contribution in [1.29, 1.82) is 0 Å². The Hall–Kier alpha value is -3.73. The standard InChI is InChI=1S/C26H27N3O2/c1-18-6-5-7-19(16-18)17-27-29-25(31)21-10-14-23(15-11-21)28-24(30)20-8-12-22(13-9-20)26(2,3)4/h5-17H,1-4H3,(H,28,30)(H,29,31)/b27-17+. The van der Waals surface area contributed by atoms with Gasteiger partial charge in [-0.25, -0.2) is 5.43 Å². The summed E-state index contributed by atoms with van der Waals surface area (Å²) in [4.78, 5) is 24.7. The lowest BCUT2D eigenvalue weighted by atomic mass is 9.87. The lowest BCUT2D eigenvalue weighted by Crippen LogP contribution is -2.18. The predicted molar refractivity (Wildman–Crippen MR) is 126 cm³/mol. The number of benzene rings is 3. The van der Waals surface area contributed by atoms with Crippen LogP contribution in [-0.2, 0) is 5.41 Å². The van der Waals surface area contributed by atoms with Crippen LogP contribution in [0, 0.1) is 6.92 Å². The van der Waals surface area contributed by atoms with Gasteiger partial charge in [0.25, 0.3) is 11.8 Å². The molecule has 0 unspecified atom stereocenters. The van der Waals surface area contributed by atoms with Gasteiger partial charge in [0, 0.05) is 16.8 Å². The largest absolute Gasteiger partial charge is 0.322 e. The first-order valence-electron chi connectivity index (χ1n) is 10.1. The number of rotatable bonds is 5. The van der Waals surface area contributed by atoms with Crippen LogP contribution in [0.1, 0.15) is 58.2 Å². The fraction of sp³-hybridized carbons (Fsp3) is 0.192. The lowest BCUT2D eigenvalue weighted by Gasteiger charge is -2.19. The van der Waals surface area contributed by atoms with Gasteiger partial charge in [-0.05, 0) is 59.9 Å². The normalized spacial score (nSPS) is 11.4. The van der Waals surface area contributed by atoms with Crippen molar-refractivity contribution in [3.63, 3.8) is 0 Å². The van der Waals surface area contributed by atoms with Crippen LogP contribution in [-0.4, -0.2) is 18.0 Å². The highest BCUT2D eigenvalue weighted by atomic mass is 16.2. The van der Waals surface area contributed by atoms with E-state index in [4.69, 9.17) is 0 Å². The molecule has 0 bridgehead atoms. The fourth-order valence-corrected chi connectivity index (χ4v) is 3.01. The number of carbonyl (C=O) groups excluding carboxylic acids is 2. The van der Waals surface area contributed by atoms with Crippen LogP contribution < -0.4 is 10.7 Å². The van der Waals surface area contributed by atoms with Gasteiger partial charge in [-0.15, -0.1) is 0 Å². The minimum absolute atomic E-state index is 0.0372. The monoisotopic (exact) mass is 413 g/mol. The first-order chi connectivity index (χ1) is 14.7. The van der Waals surface area contributed by atoms with Gasteiger partial charge in [0.15, 0.2) is 0 Å². The number of carbonyl (C=O) groups is 2. The summed E-state index contributed by atoms with van der Waals surface area (Å²) in [7, 11) is 0. The molecule has 3 aromatic rings. The molecular weight excluding hydrogens is 386 g/mol. The molecule has 0 radical (unpaired) electrons. The highest BCUT2D eigenvalue weighted by Crippen LogP contribution is 2.22. The summed E-state index contributed by atoms with van der Waals surface area (Å²) >= 11 is 0. The third-order valence-electron chi connectivity index (χ3n) is 4.84. The van der Waals surface area contributed by atoms with Crippen molar-refractivity contribution in [3.05, 3.63) is 101 Å². The summed E-state index contributed by atoms with van der Waals surface area (Å²) in [6.45, 7) is 8.40. The first kappa shape index (κ1) is 22.0. The smallest absolute Gasteiger partial charge is 0.271 e. The molecule has 0 fully saturated rings. The number of nitrogens with one attached hydrogen (secondary N) is 2. The summed E-state index contributed by atoms with van der Waals surface area (Å²) in [6.07, 6.45) is 1.60. The van der Waals surface area contributed by atoms with Gasteiger partial charge >= 0.3 is 0 Å². The summed E-state index contributed by atoms with van der Waals surface area (Å²) < 4.78 is 0. The topological polar surface area (TPSA) is 70.6 Å². The molecule has 3 aromatic carbocycles. The molecule has 0 spiro atoms. The van der Waals surface area contributed by atoms with Gasteiger partial charge in [0.2, 0.25) is 0 Å². The number of anilines is 1. The Morgan fingerprint density at radius 1 is 0.839 bits per heavy atom. The predicted octanol–water partition coefficient (Wildman–Crippen LogP) is 5.31. The Bertz CT molecular complexity index is 1090. The van der Waals surface area contributed by atoms with E-state index in [0.29, 0.717) is 16.8 Å². The van der Waals surface area contributed by atoms with Crippen LogP contribution in [0.2, 0.25) is 0 Å². The molecule has 2 amide bonds. The quantitative estimate of drug-likeness (QED) is 0.440. The Balaban J connectivity index is 1.58. The maximum Gasteiger partial charge on any atom is 0.271 e. The molecule has 0 aliphatic carbocycles. The molecule has 31 heavy (non-hydrogen) atoms. The minimum atomic E-state index is -0.320. The summed E-state index contributed by atoms with van der Waals surface area (Å²) in [5, 5.41) is 6.85. The van der Waals surface area contributed by atoms with Crippen molar-refractivity contribution in [2.45, 2.75) is 33.1 Å². The first-order valence-corrected chi connectivity index (χ1v) is 10.1. The van der Waals surface area contributed by atoms with E-state index < -0.39 is 0 Å². The van der Waals surface area contributed by atoms with Crippen LogP contribution in [0.25, 0.3) is 0 Å². The zero-order valence-corrected chi connectivity index (χ0v) is 18.3. The number of nitrogens with zero attached hydrogens (tertiary/aromatic N) is 1. The zero-order chi connectivity index (χ0) is 22.4. The molecule has 3 rings (SSSR count). The molecule has 0 heterocycles. The second-order valence-corrected chi connectivity index (χ2v) is 8.47. The molecule has 0 aromatic heterocycles. The molecular formula is C26H27N3O2. The number of hydrazone groups is 1. The molecule has 0 aliphatic heterocycles. The van der Waals surface area contributed by atoms with E-state index >= 15 is 0 Å². The summed E-state index contributed by atoms with van der Waals surface area (Å²) in [6, 6.07) is 22.1. The number of hydrogen-bond donors (Lipinski definition) is 2. The van der Waals surface area contributed by atoms with E-state index in [1.165, 1.54) is 5.56 Å². The van der Waals surface area contributed by atoms with Gasteiger partial charge in [0.05, 0.1) is 6.21 Å². The van der Waals surface area contributed by atoms with E-state index in [9.17, 15) is 9.59 Å². The van der Waals surface area contributed by atoms with Gasteiger partial charge in [-0.2, -0.15) is 5.10 Å². The maximum absolute atomic E-state index is 12.5. The van der Waals surface area contributed by atoms with Crippen molar-refractivity contribution in [1.82, 2.24) is 5.43 Å². The number of aryl methyl sites for hydroxylation is 1. The van der Waals surface area contributed by atoms with Crippen LogP contribution in [0.5, 0.6) is 0 Å². The molecule has 5 nitrogen and oxygen atoms in total. The fourth-order valence-electron chi connectivity index (χ4n) is 3.01. The third-order valence-corrected chi connectivity index (χ3v) is 4.84. The van der Waals surface area contributed by atoms with Crippen LogP contribution >= 0.6 is 0 Å². The van der Waals surface area contributed by atoms with E-state index in [0.717, 1.165) is 11.1 Å². The van der Waals surface area contributed by atoms with Crippen LogP contribution in [0.3, 0.4) is 0 Å². The van der Waals surface area contributed by atoms with E-state index in [-0.39, 0.29) is 17.2 Å². The highest BCUT2D eigenvalue weighted by Gasteiger charge is 2.14. The summed E-state index contributed by atoms with van der Waals surface area (Å²) in [5.41, 5.74) is 7.41. The number of amides is 2. The summed E-state index contributed by atoms with van der Waals surface area (Å²) in [5.74, 6) is -0.514. The molecule has 5 heteroatoms. The van der Waals surface area contributed by atoms with Crippen molar-refractivity contribution in [3.8, 4) is 0 Å². The molecule has 0 saturated heterocycles. The van der Waals surface area contributed by atoms with Crippen LogP contribution in [0.15, 0.2) is 77.9 Å². The SMILES string of the molecule is Cc1cccc(/C=N/NC(=O)c2ccc(NC(=O)c3ccc(C(C)(C)C)cc3)cc2)c1. The second-order valence-electron chi connectivity index (χ2n) is 8.47. The second kappa shape index (κ2) is 9.39.